The Kier molecular flexibility index (Phi) is 2.75. The summed E-state index contributed by atoms with van der Waals surface area (Å²) in [6, 6.07) is 7.62. The molecule has 0 unspecified atom stereocenters. The molecule has 1 amide bonds. The molecule has 1 saturated heterocycles. The predicted molar refractivity (Wildman–Crippen MR) is 79.8 cm³/mol. The topological polar surface area (TPSA) is 55.4 Å². The molecule has 2 atom stereocenters. The average Bonchev–Trinajstić information content (AvgIpc) is 2.69. The van der Waals surface area contributed by atoms with Crippen molar-refractivity contribution in [1.29, 1.82) is 0 Å². The van der Waals surface area contributed by atoms with Gasteiger partial charge in [0.15, 0.2) is 5.60 Å². The van der Waals surface area contributed by atoms with E-state index in [1.165, 1.54) is 0 Å². The van der Waals surface area contributed by atoms with E-state index in [9.17, 15) is 9.59 Å². The molecule has 0 radical (unpaired) electrons. The van der Waals surface area contributed by atoms with E-state index in [1.807, 2.05) is 52.0 Å². The first-order valence-corrected chi connectivity index (χ1v) is 7.34. The van der Waals surface area contributed by atoms with Crippen LogP contribution in [0.15, 0.2) is 24.3 Å². The van der Waals surface area contributed by atoms with Crippen LogP contribution in [0.1, 0.15) is 39.2 Å². The number of rotatable bonds is 2. The number of carbonyl (C=O) groups is 2. The Morgan fingerprint density at radius 2 is 1.95 bits per heavy atom. The maximum absolute atomic E-state index is 12.8. The van der Waals surface area contributed by atoms with Crippen LogP contribution in [-0.4, -0.2) is 17.5 Å². The molecule has 4 nitrogen and oxygen atoms in total. The summed E-state index contributed by atoms with van der Waals surface area (Å²) in [4.78, 5) is 25.0. The van der Waals surface area contributed by atoms with Crippen molar-refractivity contribution < 1.29 is 14.3 Å². The number of nitrogens with one attached hydrogen (secondary N) is 1. The fourth-order valence-corrected chi connectivity index (χ4v) is 3.70. The van der Waals surface area contributed by atoms with Gasteiger partial charge in [-0.25, -0.2) is 0 Å². The van der Waals surface area contributed by atoms with Gasteiger partial charge >= 0.3 is 5.97 Å². The van der Waals surface area contributed by atoms with E-state index >= 15 is 0 Å². The number of carbonyl (C=O) groups excluding carboxylic acids is 2. The van der Waals surface area contributed by atoms with Crippen molar-refractivity contribution in [3.63, 3.8) is 0 Å². The molecular weight excluding hydrogens is 266 g/mol. The third-order valence-corrected chi connectivity index (χ3v) is 5.73. The van der Waals surface area contributed by atoms with Crippen LogP contribution < -0.4 is 5.32 Å². The number of aryl methyl sites for hydroxylation is 1. The van der Waals surface area contributed by atoms with Gasteiger partial charge in [0, 0.05) is 11.1 Å². The van der Waals surface area contributed by atoms with Crippen LogP contribution in [-0.2, 0) is 14.3 Å². The monoisotopic (exact) mass is 287 g/mol. The van der Waals surface area contributed by atoms with E-state index in [2.05, 4.69) is 5.32 Å². The molecule has 4 heteroatoms. The van der Waals surface area contributed by atoms with Crippen LogP contribution in [0, 0.1) is 17.8 Å². The summed E-state index contributed by atoms with van der Waals surface area (Å²) in [5.74, 6) is -0.467. The molecule has 1 aliphatic carbocycles. The summed E-state index contributed by atoms with van der Waals surface area (Å²) >= 11 is 0. The Bertz CT molecular complexity index is 637. The summed E-state index contributed by atoms with van der Waals surface area (Å²) in [5, 5.41) is 2.92. The third-order valence-electron chi connectivity index (χ3n) is 5.73. The van der Waals surface area contributed by atoms with Gasteiger partial charge in [0.25, 0.3) is 5.91 Å². The molecule has 1 aromatic rings. The van der Waals surface area contributed by atoms with Crippen molar-refractivity contribution in [2.24, 2.45) is 10.8 Å². The van der Waals surface area contributed by atoms with Gasteiger partial charge < -0.3 is 10.1 Å². The number of esters is 1. The summed E-state index contributed by atoms with van der Waals surface area (Å²) in [5.41, 5.74) is -0.323. The zero-order valence-corrected chi connectivity index (χ0v) is 12.9. The molecule has 21 heavy (non-hydrogen) atoms. The Balaban J connectivity index is 1.93. The quantitative estimate of drug-likeness (QED) is 0.851. The van der Waals surface area contributed by atoms with E-state index in [4.69, 9.17) is 4.74 Å². The summed E-state index contributed by atoms with van der Waals surface area (Å²) in [6.07, 6.45) is 1.28. The summed E-state index contributed by atoms with van der Waals surface area (Å²) in [7, 11) is 0. The van der Waals surface area contributed by atoms with Crippen LogP contribution in [0.25, 0.3) is 0 Å². The second-order valence-corrected chi connectivity index (χ2v) is 7.00. The number of hydrogen-bond donors (Lipinski definition) is 1. The van der Waals surface area contributed by atoms with Gasteiger partial charge in [-0.05, 0) is 44.4 Å². The predicted octanol–water partition coefficient (Wildman–Crippen LogP) is 3.06. The van der Waals surface area contributed by atoms with E-state index in [1.54, 1.807) is 0 Å². The van der Waals surface area contributed by atoms with Crippen molar-refractivity contribution >= 4 is 17.6 Å². The average molecular weight is 287 g/mol. The highest BCUT2D eigenvalue weighted by Crippen LogP contribution is 2.65. The first-order valence-electron chi connectivity index (χ1n) is 7.34. The van der Waals surface area contributed by atoms with Gasteiger partial charge in [0.1, 0.15) is 0 Å². The minimum absolute atomic E-state index is 0.215. The van der Waals surface area contributed by atoms with Crippen molar-refractivity contribution in [2.75, 3.05) is 5.32 Å². The molecular formula is C17H21NO3. The minimum atomic E-state index is -1.05. The second kappa shape index (κ2) is 4.09. The van der Waals surface area contributed by atoms with Crippen molar-refractivity contribution in [3.8, 4) is 0 Å². The SMILES string of the molecule is Cc1cccc(NC(=O)[C@@]23CC[C@@](C)(C(=O)O2)C3(C)C)c1. The van der Waals surface area contributed by atoms with Crippen molar-refractivity contribution in [2.45, 2.75) is 46.1 Å². The highest BCUT2D eigenvalue weighted by Gasteiger charge is 2.75. The fraction of sp³-hybridized carbons (Fsp3) is 0.529. The van der Waals surface area contributed by atoms with Gasteiger partial charge in [-0.3, -0.25) is 9.59 Å². The number of hydrogen-bond acceptors (Lipinski definition) is 3. The van der Waals surface area contributed by atoms with Crippen LogP contribution >= 0.6 is 0 Å². The molecule has 1 saturated carbocycles. The molecule has 3 rings (SSSR count). The first-order chi connectivity index (χ1) is 9.73. The van der Waals surface area contributed by atoms with E-state index < -0.39 is 16.4 Å². The lowest BCUT2D eigenvalue weighted by Gasteiger charge is -2.35. The second-order valence-electron chi connectivity index (χ2n) is 7.00. The van der Waals surface area contributed by atoms with Gasteiger partial charge in [0.05, 0.1) is 5.41 Å². The van der Waals surface area contributed by atoms with Gasteiger partial charge in [0.2, 0.25) is 0 Å². The maximum Gasteiger partial charge on any atom is 0.313 e. The zero-order chi connectivity index (χ0) is 15.5. The highest BCUT2D eigenvalue weighted by molar-refractivity contribution is 6.03. The van der Waals surface area contributed by atoms with Crippen LogP contribution in [0.2, 0.25) is 0 Å². The number of amides is 1. The smallest absolute Gasteiger partial charge is 0.313 e. The Morgan fingerprint density at radius 3 is 2.48 bits per heavy atom. The highest BCUT2D eigenvalue weighted by atomic mass is 16.6. The number of fused-ring (bicyclic) bond motifs is 2. The lowest BCUT2D eigenvalue weighted by atomic mass is 9.66. The number of anilines is 1. The van der Waals surface area contributed by atoms with E-state index in [-0.39, 0.29) is 11.9 Å². The molecule has 112 valence electrons. The van der Waals surface area contributed by atoms with Gasteiger partial charge in [-0.2, -0.15) is 0 Å². The van der Waals surface area contributed by atoms with Crippen LogP contribution in [0.3, 0.4) is 0 Å². The molecule has 2 fully saturated rings. The van der Waals surface area contributed by atoms with Gasteiger partial charge in [-0.15, -0.1) is 0 Å². The van der Waals surface area contributed by atoms with Crippen molar-refractivity contribution in [3.05, 3.63) is 29.8 Å². The van der Waals surface area contributed by atoms with Crippen LogP contribution in [0.4, 0.5) is 5.69 Å². The summed E-state index contributed by atoms with van der Waals surface area (Å²) in [6.45, 7) is 7.80. The third kappa shape index (κ3) is 1.62. The normalized spacial score (nSPS) is 32.9. The molecule has 1 aliphatic heterocycles. The van der Waals surface area contributed by atoms with Crippen molar-refractivity contribution in [1.82, 2.24) is 0 Å². The first kappa shape index (κ1) is 14.1. The molecule has 0 aromatic heterocycles. The maximum atomic E-state index is 12.8. The standard InChI is InChI=1S/C17H21NO3/c1-11-6-5-7-12(10-11)18-13(19)17-9-8-16(4,14(20)21-17)15(17,2)3/h5-7,10H,8-9H2,1-4H3,(H,18,19)/t16-,17+/m0/s1. The minimum Gasteiger partial charge on any atom is -0.448 e. The van der Waals surface area contributed by atoms with E-state index in [0.717, 1.165) is 11.3 Å². The molecule has 0 spiro atoms. The molecule has 1 N–H and O–H groups in total. The van der Waals surface area contributed by atoms with Gasteiger partial charge in [-0.1, -0.05) is 26.0 Å². The lowest BCUT2D eigenvalue weighted by molar-refractivity contribution is -0.165. The van der Waals surface area contributed by atoms with E-state index in [0.29, 0.717) is 12.8 Å². The Morgan fingerprint density at radius 1 is 1.24 bits per heavy atom. The lowest BCUT2D eigenvalue weighted by Crippen LogP contribution is -2.50. The Labute approximate surface area is 124 Å². The summed E-state index contributed by atoms with van der Waals surface area (Å²) < 4.78 is 5.58. The zero-order valence-electron chi connectivity index (χ0n) is 12.9. The fourth-order valence-electron chi connectivity index (χ4n) is 3.70. The molecule has 2 aliphatic rings. The molecule has 2 bridgehead atoms. The van der Waals surface area contributed by atoms with Crippen LogP contribution in [0.5, 0.6) is 0 Å². The number of benzene rings is 1. The number of ether oxygens (including phenoxy) is 1. The Hall–Kier alpha value is -1.84. The largest absolute Gasteiger partial charge is 0.448 e. The molecule has 1 aromatic carbocycles. The molecule has 1 heterocycles.